The number of hydrogen-bond acceptors (Lipinski definition) is 5. The average molecular weight is 267 g/mol. The molecule has 1 aromatic rings. The lowest BCUT2D eigenvalue weighted by atomic mass is 10.1. The molecule has 0 aromatic carbocycles. The Morgan fingerprint density at radius 2 is 2.21 bits per heavy atom. The number of nitrogens with zero attached hydrogens (tertiary/aromatic N) is 5. The quantitative estimate of drug-likeness (QED) is 0.821. The second kappa shape index (κ2) is 6.45. The first-order valence-corrected chi connectivity index (χ1v) is 7.05. The molecule has 2 atom stereocenters. The van der Waals surface area contributed by atoms with Crippen molar-refractivity contribution in [2.75, 3.05) is 33.7 Å². The molecule has 1 aromatic heterocycles. The summed E-state index contributed by atoms with van der Waals surface area (Å²) in [6.07, 6.45) is 2.88. The molecule has 2 rings (SSSR count). The Hall–Kier alpha value is -0.980. The van der Waals surface area contributed by atoms with Crippen LogP contribution in [0.25, 0.3) is 0 Å². The smallest absolute Gasteiger partial charge is 0.138 e. The van der Waals surface area contributed by atoms with Crippen LogP contribution in [-0.2, 0) is 13.0 Å². The molecule has 2 unspecified atom stereocenters. The minimum Gasteiger partial charge on any atom is -0.391 e. The van der Waals surface area contributed by atoms with Gasteiger partial charge in [0.05, 0.1) is 6.10 Å². The van der Waals surface area contributed by atoms with Crippen molar-refractivity contribution in [1.82, 2.24) is 24.6 Å². The van der Waals surface area contributed by atoms with Crippen molar-refractivity contribution in [3.05, 3.63) is 12.2 Å². The van der Waals surface area contributed by atoms with Crippen molar-refractivity contribution in [3.8, 4) is 0 Å². The molecule has 1 aliphatic heterocycles. The van der Waals surface area contributed by atoms with Crippen LogP contribution >= 0.6 is 0 Å². The first-order chi connectivity index (χ1) is 9.11. The monoisotopic (exact) mass is 267 g/mol. The summed E-state index contributed by atoms with van der Waals surface area (Å²) in [4.78, 5) is 8.81. The zero-order valence-corrected chi connectivity index (χ0v) is 12.2. The van der Waals surface area contributed by atoms with Gasteiger partial charge < -0.3 is 10.0 Å². The van der Waals surface area contributed by atoms with Crippen LogP contribution in [0.3, 0.4) is 0 Å². The van der Waals surface area contributed by atoms with Crippen LogP contribution < -0.4 is 0 Å². The van der Waals surface area contributed by atoms with Gasteiger partial charge in [-0.1, -0.05) is 0 Å². The summed E-state index contributed by atoms with van der Waals surface area (Å²) in [6.45, 7) is 5.86. The number of likely N-dealkylation sites (N-methyl/N-ethyl adjacent to an activating group) is 2. The second-order valence-electron chi connectivity index (χ2n) is 5.43. The van der Waals surface area contributed by atoms with E-state index in [-0.39, 0.29) is 6.04 Å². The van der Waals surface area contributed by atoms with E-state index >= 15 is 0 Å². The molecular formula is C13H25N5O. The molecule has 0 amide bonds. The molecule has 1 N–H and O–H groups in total. The summed E-state index contributed by atoms with van der Waals surface area (Å²) in [5.41, 5.74) is 0. The number of aryl methyl sites for hydroxylation is 1. The van der Waals surface area contributed by atoms with Crippen molar-refractivity contribution < 1.29 is 5.11 Å². The van der Waals surface area contributed by atoms with E-state index in [1.807, 2.05) is 11.6 Å². The summed E-state index contributed by atoms with van der Waals surface area (Å²) in [5, 5.41) is 14.7. The maximum absolute atomic E-state index is 10.5. The third kappa shape index (κ3) is 3.52. The van der Waals surface area contributed by atoms with Crippen LogP contribution in [0, 0.1) is 0 Å². The summed E-state index contributed by atoms with van der Waals surface area (Å²) in [5.74, 6) is 0.871. The minimum absolute atomic E-state index is 0.162. The van der Waals surface area contributed by atoms with Crippen molar-refractivity contribution in [2.45, 2.75) is 38.5 Å². The zero-order valence-electron chi connectivity index (χ0n) is 12.2. The van der Waals surface area contributed by atoms with E-state index in [1.165, 1.54) is 0 Å². The largest absolute Gasteiger partial charge is 0.391 e. The molecule has 0 radical (unpaired) electrons. The fraction of sp³-hybridized carbons (Fsp3) is 0.846. The van der Waals surface area contributed by atoms with Crippen LogP contribution in [-0.4, -0.2) is 75.5 Å². The van der Waals surface area contributed by atoms with Gasteiger partial charge in [0, 0.05) is 25.6 Å². The third-order valence-corrected chi connectivity index (χ3v) is 3.95. The van der Waals surface area contributed by atoms with Gasteiger partial charge in [0.1, 0.15) is 12.2 Å². The van der Waals surface area contributed by atoms with Gasteiger partial charge in [0.2, 0.25) is 0 Å². The Morgan fingerprint density at radius 3 is 2.95 bits per heavy atom. The highest BCUT2D eigenvalue weighted by Gasteiger charge is 2.28. The van der Waals surface area contributed by atoms with Crippen molar-refractivity contribution >= 4 is 0 Å². The highest BCUT2D eigenvalue weighted by molar-refractivity contribution is 4.93. The molecule has 1 aliphatic rings. The van der Waals surface area contributed by atoms with Crippen LogP contribution in [0.4, 0.5) is 0 Å². The zero-order chi connectivity index (χ0) is 13.8. The van der Waals surface area contributed by atoms with Gasteiger partial charge in [0.25, 0.3) is 0 Å². The molecular weight excluding hydrogens is 242 g/mol. The first kappa shape index (κ1) is 14.4. The standard InChI is InChI=1S/C13H25N5O/c1-4-18-13(14-10-15-18)8-12(19)11-9-16(2)6-5-7-17(11)3/h10-12,19H,4-9H2,1-3H3. The Labute approximate surface area is 115 Å². The number of rotatable bonds is 4. The Morgan fingerprint density at radius 1 is 1.42 bits per heavy atom. The number of hydrogen-bond donors (Lipinski definition) is 1. The average Bonchev–Trinajstić information content (AvgIpc) is 2.75. The van der Waals surface area contributed by atoms with E-state index in [0.29, 0.717) is 6.42 Å². The summed E-state index contributed by atoms with van der Waals surface area (Å²) < 4.78 is 1.85. The normalized spacial score (nSPS) is 24.3. The van der Waals surface area contributed by atoms with E-state index < -0.39 is 6.10 Å². The van der Waals surface area contributed by atoms with Gasteiger partial charge in [-0.2, -0.15) is 5.10 Å². The third-order valence-electron chi connectivity index (χ3n) is 3.95. The molecule has 6 heteroatoms. The van der Waals surface area contributed by atoms with Crippen molar-refractivity contribution in [3.63, 3.8) is 0 Å². The first-order valence-electron chi connectivity index (χ1n) is 7.05. The predicted molar refractivity (Wildman–Crippen MR) is 73.9 cm³/mol. The molecule has 0 spiro atoms. The van der Waals surface area contributed by atoms with E-state index in [9.17, 15) is 5.11 Å². The maximum atomic E-state index is 10.5. The van der Waals surface area contributed by atoms with Crippen molar-refractivity contribution in [1.29, 1.82) is 0 Å². The molecule has 6 nitrogen and oxygen atoms in total. The molecule has 1 fully saturated rings. The fourth-order valence-corrected chi connectivity index (χ4v) is 2.75. The number of aliphatic hydroxyl groups excluding tert-OH is 1. The minimum atomic E-state index is -0.403. The van der Waals surface area contributed by atoms with E-state index in [2.05, 4.69) is 34.0 Å². The van der Waals surface area contributed by atoms with E-state index in [1.54, 1.807) is 6.33 Å². The highest BCUT2D eigenvalue weighted by atomic mass is 16.3. The molecule has 1 saturated heterocycles. The number of aliphatic hydroxyl groups is 1. The Kier molecular flexibility index (Phi) is 4.90. The Balaban J connectivity index is 2.03. The van der Waals surface area contributed by atoms with E-state index in [4.69, 9.17) is 0 Å². The topological polar surface area (TPSA) is 57.4 Å². The maximum Gasteiger partial charge on any atom is 0.138 e. The summed E-state index contributed by atoms with van der Waals surface area (Å²) in [7, 11) is 4.21. The van der Waals surface area contributed by atoms with E-state index in [0.717, 1.165) is 38.4 Å². The van der Waals surface area contributed by atoms with Crippen LogP contribution in [0.2, 0.25) is 0 Å². The van der Waals surface area contributed by atoms with Gasteiger partial charge in [-0.05, 0) is 40.5 Å². The van der Waals surface area contributed by atoms with Crippen LogP contribution in [0.5, 0.6) is 0 Å². The molecule has 0 saturated carbocycles. The van der Waals surface area contributed by atoms with Crippen molar-refractivity contribution in [2.24, 2.45) is 0 Å². The Bertz CT molecular complexity index is 394. The van der Waals surface area contributed by atoms with Gasteiger partial charge >= 0.3 is 0 Å². The second-order valence-corrected chi connectivity index (χ2v) is 5.43. The molecule has 0 aliphatic carbocycles. The summed E-state index contributed by atoms with van der Waals surface area (Å²) >= 11 is 0. The van der Waals surface area contributed by atoms with Gasteiger partial charge in [-0.25, -0.2) is 4.98 Å². The van der Waals surface area contributed by atoms with Crippen LogP contribution in [0.15, 0.2) is 6.33 Å². The molecule has 2 heterocycles. The lowest BCUT2D eigenvalue weighted by molar-refractivity contribution is 0.0560. The van der Waals surface area contributed by atoms with Gasteiger partial charge in [0.15, 0.2) is 0 Å². The van der Waals surface area contributed by atoms with Gasteiger partial charge in [-0.3, -0.25) is 9.58 Å². The lowest BCUT2D eigenvalue weighted by Gasteiger charge is -2.31. The number of aromatic nitrogens is 3. The van der Waals surface area contributed by atoms with Crippen LogP contribution in [0.1, 0.15) is 19.2 Å². The lowest BCUT2D eigenvalue weighted by Crippen LogP contribution is -2.47. The fourth-order valence-electron chi connectivity index (χ4n) is 2.75. The predicted octanol–water partition coefficient (Wildman–Crippen LogP) is -0.163. The molecule has 108 valence electrons. The summed E-state index contributed by atoms with van der Waals surface area (Å²) in [6, 6.07) is 0.162. The molecule has 0 bridgehead atoms. The molecule has 19 heavy (non-hydrogen) atoms. The SMILES string of the molecule is CCn1ncnc1CC(O)C1CN(C)CCCN1C. The highest BCUT2D eigenvalue weighted by Crippen LogP contribution is 2.13. The van der Waals surface area contributed by atoms with Gasteiger partial charge in [-0.15, -0.1) is 0 Å².